The number of hydrogen-bond acceptors (Lipinski definition) is 4. The molecule has 0 bridgehead atoms. The molecule has 3 aromatic rings. The van der Waals surface area contributed by atoms with Crippen molar-refractivity contribution in [2.45, 2.75) is 50.9 Å². The van der Waals surface area contributed by atoms with Crippen molar-refractivity contribution in [2.75, 3.05) is 10.6 Å². The number of benzene rings is 1. The van der Waals surface area contributed by atoms with Crippen LogP contribution < -0.4 is 10.6 Å². The lowest BCUT2D eigenvalue weighted by Gasteiger charge is -2.23. The molecular weight excluding hydrogens is 437 g/mol. The lowest BCUT2D eigenvalue weighted by Crippen LogP contribution is -2.22. The van der Waals surface area contributed by atoms with Crippen molar-refractivity contribution in [1.29, 1.82) is 0 Å². The second-order valence-corrected chi connectivity index (χ2v) is 8.41. The van der Waals surface area contributed by atoms with Gasteiger partial charge in [-0.05, 0) is 54.3 Å². The average Bonchev–Trinajstić information content (AvgIpc) is 2.79. The first kappa shape index (κ1) is 22.4. The summed E-state index contributed by atoms with van der Waals surface area (Å²) in [6.07, 6.45) is 5.03. The van der Waals surface area contributed by atoms with Gasteiger partial charge in [-0.2, -0.15) is 13.2 Å². The maximum atomic E-state index is 12.7. The molecule has 0 saturated heterocycles. The molecule has 0 spiro atoms. The van der Waals surface area contributed by atoms with Gasteiger partial charge in [0.1, 0.15) is 11.6 Å². The quantitative estimate of drug-likeness (QED) is 0.409. The van der Waals surface area contributed by atoms with E-state index in [1.807, 2.05) is 18.2 Å². The Hall–Kier alpha value is -2.80. The van der Waals surface area contributed by atoms with E-state index in [0.29, 0.717) is 23.4 Å². The monoisotopic (exact) mass is 460 g/mol. The summed E-state index contributed by atoms with van der Waals surface area (Å²) < 4.78 is 38.2. The van der Waals surface area contributed by atoms with Crippen LogP contribution in [0.3, 0.4) is 0 Å². The van der Waals surface area contributed by atoms with E-state index in [4.69, 9.17) is 11.6 Å². The Morgan fingerprint density at radius 2 is 1.69 bits per heavy atom. The molecule has 0 amide bonds. The van der Waals surface area contributed by atoms with Crippen molar-refractivity contribution in [3.8, 4) is 11.1 Å². The van der Waals surface area contributed by atoms with E-state index in [2.05, 4.69) is 20.6 Å². The summed E-state index contributed by atoms with van der Waals surface area (Å²) in [5.74, 6) is 1.41. The molecule has 0 aliphatic heterocycles. The largest absolute Gasteiger partial charge is 0.416 e. The SMILES string of the molecule is FC(F)(F)c1ccc(CNc2cc(-c3cc(NC4CCCCC4)ncc3Cl)ccn2)cc1. The zero-order chi connectivity index (χ0) is 22.6. The maximum absolute atomic E-state index is 12.7. The minimum Gasteiger partial charge on any atom is -0.367 e. The molecule has 1 saturated carbocycles. The van der Waals surface area contributed by atoms with Crippen molar-refractivity contribution < 1.29 is 13.2 Å². The van der Waals surface area contributed by atoms with Gasteiger partial charge in [-0.3, -0.25) is 0 Å². The van der Waals surface area contributed by atoms with Crippen LogP contribution in [0.4, 0.5) is 24.8 Å². The van der Waals surface area contributed by atoms with Gasteiger partial charge in [0.2, 0.25) is 0 Å². The molecule has 1 aliphatic carbocycles. The summed E-state index contributed by atoms with van der Waals surface area (Å²) in [7, 11) is 0. The van der Waals surface area contributed by atoms with Crippen LogP contribution in [0.1, 0.15) is 43.2 Å². The number of nitrogens with one attached hydrogen (secondary N) is 2. The molecule has 4 rings (SSSR count). The number of halogens is 4. The van der Waals surface area contributed by atoms with Gasteiger partial charge in [-0.1, -0.05) is 43.0 Å². The minimum atomic E-state index is -4.34. The van der Waals surface area contributed by atoms with E-state index in [1.165, 1.54) is 31.4 Å². The molecule has 32 heavy (non-hydrogen) atoms. The molecule has 168 valence electrons. The van der Waals surface area contributed by atoms with Crippen LogP contribution in [0.5, 0.6) is 0 Å². The summed E-state index contributed by atoms with van der Waals surface area (Å²) in [6.45, 7) is 0.354. The van der Waals surface area contributed by atoms with Gasteiger partial charge >= 0.3 is 6.18 Å². The lowest BCUT2D eigenvalue weighted by atomic mass is 9.95. The Morgan fingerprint density at radius 3 is 2.41 bits per heavy atom. The topological polar surface area (TPSA) is 49.8 Å². The standard InChI is InChI=1S/C24H24ClF3N4/c25-21-15-31-23(32-19-4-2-1-3-5-19)13-20(21)17-10-11-29-22(12-17)30-14-16-6-8-18(9-7-16)24(26,27)28/h6-13,15,19H,1-5,14H2,(H,29,30)(H,31,32). The zero-order valence-electron chi connectivity index (χ0n) is 17.4. The predicted octanol–water partition coefficient (Wildman–Crippen LogP) is 7.17. The van der Waals surface area contributed by atoms with Crippen LogP contribution in [0.2, 0.25) is 5.02 Å². The summed E-state index contributed by atoms with van der Waals surface area (Å²) in [6, 6.07) is 11.2. The van der Waals surface area contributed by atoms with Gasteiger partial charge in [-0.15, -0.1) is 0 Å². The van der Waals surface area contributed by atoms with Crippen molar-refractivity contribution in [2.24, 2.45) is 0 Å². The summed E-state index contributed by atoms with van der Waals surface area (Å²) in [4.78, 5) is 8.74. The van der Waals surface area contributed by atoms with Crippen molar-refractivity contribution in [1.82, 2.24) is 9.97 Å². The fraction of sp³-hybridized carbons (Fsp3) is 0.333. The van der Waals surface area contributed by atoms with E-state index >= 15 is 0 Å². The summed E-state index contributed by atoms with van der Waals surface area (Å²) in [5.41, 5.74) is 1.80. The van der Waals surface area contributed by atoms with E-state index in [9.17, 15) is 13.2 Å². The first-order valence-electron chi connectivity index (χ1n) is 10.7. The van der Waals surface area contributed by atoms with Crippen LogP contribution in [-0.4, -0.2) is 16.0 Å². The highest BCUT2D eigenvalue weighted by atomic mass is 35.5. The molecular formula is C24H24ClF3N4. The Kier molecular flexibility index (Phi) is 6.84. The van der Waals surface area contributed by atoms with Gasteiger partial charge < -0.3 is 10.6 Å². The number of pyridine rings is 2. The molecule has 1 aromatic carbocycles. The molecule has 0 radical (unpaired) electrons. The van der Waals surface area contributed by atoms with Crippen molar-refractivity contribution >= 4 is 23.2 Å². The number of rotatable bonds is 6. The molecule has 2 heterocycles. The fourth-order valence-corrected chi connectivity index (χ4v) is 4.11. The molecule has 1 fully saturated rings. The van der Waals surface area contributed by atoms with Gasteiger partial charge in [0.15, 0.2) is 0 Å². The van der Waals surface area contributed by atoms with Crippen LogP contribution >= 0.6 is 11.6 Å². The molecule has 8 heteroatoms. The molecule has 2 N–H and O–H groups in total. The Morgan fingerprint density at radius 1 is 0.938 bits per heavy atom. The third kappa shape index (κ3) is 5.71. The Labute approximate surface area is 190 Å². The number of alkyl halides is 3. The van der Waals surface area contributed by atoms with Gasteiger partial charge in [0.25, 0.3) is 0 Å². The normalized spacial score (nSPS) is 14.9. The Balaban J connectivity index is 1.46. The van der Waals surface area contributed by atoms with E-state index < -0.39 is 11.7 Å². The van der Waals surface area contributed by atoms with Crippen LogP contribution in [0.15, 0.2) is 54.9 Å². The first-order chi connectivity index (χ1) is 15.4. The average molecular weight is 461 g/mol. The predicted molar refractivity (Wildman–Crippen MR) is 122 cm³/mol. The van der Waals surface area contributed by atoms with E-state index in [-0.39, 0.29) is 0 Å². The molecule has 1 aliphatic rings. The van der Waals surface area contributed by atoms with Crippen molar-refractivity contribution in [3.63, 3.8) is 0 Å². The smallest absolute Gasteiger partial charge is 0.367 e. The van der Waals surface area contributed by atoms with Gasteiger partial charge in [0.05, 0.1) is 10.6 Å². The fourth-order valence-electron chi connectivity index (χ4n) is 3.89. The number of aromatic nitrogens is 2. The minimum absolute atomic E-state index is 0.354. The van der Waals surface area contributed by atoms with Crippen LogP contribution in [-0.2, 0) is 12.7 Å². The molecule has 2 aromatic heterocycles. The highest BCUT2D eigenvalue weighted by Crippen LogP contribution is 2.32. The second-order valence-electron chi connectivity index (χ2n) is 8.01. The second kappa shape index (κ2) is 9.77. The van der Waals surface area contributed by atoms with Crippen molar-refractivity contribution in [3.05, 3.63) is 71.0 Å². The van der Waals surface area contributed by atoms with Crippen LogP contribution in [0, 0.1) is 0 Å². The van der Waals surface area contributed by atoms with Gasteiger partial charge in [0, 0.05) is 30.5 Å². The Bertz CT molecular complexity index is 1050. The zero-order valence-corrected chi connectivity index (χ0v) is 18.2. The molecule has 0 unspecified atom stereocenters. The van der Waals surface area contributed by atoms with Gasteiger partial charge in [-0.25, -0.2) is 9.97 Å². The van der Waals surface area contributed by atoms with E-state index in [0.717, 1.165) is 47.5 Å². The van der Waals surface area contributed by atoms with Crippen LogP contribution in [0.25, 0.3) is 11.1 Å². The number of anilines is 2. The summed E-state index contributed by atoms with van der Waals surface area (Å²) >= 11 is 6.43. The third-order valence-corrected chi connectivity index (χ3v) is 5.94. The molecule has 0 atom stereocenters. The number of nitrogens with zero attached hydrogens (tertiary/aromatic N) is 2. The first-order valence-corrected chi connectivity index (χ1v) is 11.0. The molecule has 4 nitrogen and oxygen atoms in total. The summed E-state index contributed by atoms with van der Waals surface area (Å²) in [5, 5.41) is 7.22. The number of hydrogen-bond donors (Lipinski definition) is 2. The highest BCUT2D eigenvalue weighted by molar-refractivity contribution is 6.33. The maximum Gasteiger partial charge on any atom is 0.416 e. The lowest BCUT2D eigenvalue weighted by molar-refractivity contribution is -0.137. The highest BCUT2D eigenvalue weighted by Gasteiger charge is 2.29. The van der Waals surface area contributed by atoms with E-state index in [1.54, 1.807) is 12.4 Å². The third-order valence-electron chi connectivity index (χ3n) is 5.64.